The number of carbonyl (C=O) groups excluding carboxylic acids is 1. The maximum absolute atomic E-state index is 12.1. The first kappa shape index (κ1) is 13.5. The highest BCUT2D eigenvalue weighted by Crippen LogP contribution is 2.19. The zero-order valence-corrected chi connectivity index (χ0v) is 11.3. The Labute approximate surface area is 112 Å². The zero-order valence-electron chi connectivity index (χ0n) is 11.3. The minimum absolute atomic E-state index is 0.0470. The average molecular weight is 261 g/mol. The van der Waals surface area contributed by atoms with Gasteiger partial charge in [0, 0.05) is 36.4 Å². The highest BCUT2D eigenvalue weighted by molar-refractivity contribution is 5.83. The van der Waals surface area contributed by atoms with Gasteiger partial charge >= 0.3 is 0 Å². The highest BCUT2D eigenvalue weighted by atomic mass is 16.3. The van der Waals surface area contributed by atoms with Crippen LogP contribution in [0.3, 0.4) is 0 Å². The summed E-state index contributed by atoms with van der Waals surface area (Å²) in [5.41, 5.74) is 1.54. The van der Waals surface area contributed by atoms with Crippen molar-refractivity contribution in [3.63, 3.8) is 0 Å². The van der Waals surface area contributed by atoms with Gasteiger partial charge in [-0.15, -0.1) is 0 Å². The van der Waals surface area contributed by atoms with Gasteiger partial charge in [-0.1, -0.05) is 0 Å². The second kappa shape index (κ2) is 5.84. The summed E-state index contributed by atoms with van der Waals surface area (Å²) in [4.78, 5) is 18.2. The van der Waals surface area contributed by atoms with Gasteiger partial charge in [0.2, 0.25) is 5.91 Å². The second-order valence-corrected chi connectivity index (χ2v) is 4.38. The van der Waals surface area contributed by atoms with Gasteiger partial charge in [0.1, 0.15) is 12.2 Å². The molecule has 19 heavy (non-hydrogen) atoms. The molecule has 0 spiro atoms. The van der Waals surface area contributed by atoms with Crippen molar-refractivity contribution in [3.8, 4) is 0 Å². The quantitative estimate of drug-likeness (QED) is 0.885. The third-order valence-corrected chi connectivity index (χ3v) is 3.31. The van der Waals surface area contributed by atoms with Crippen molar-refractivity contribution in [2.75, 3.05) is 13.1 Å². The molecule has 0 saturated carbocycles. The fourth-order valence-corrected chi connectivity index (χ4v) is 2.26. The van der Waals surface area contributed by atoms with E-state index in [1.54, 1.807) is 17.3 Å². The first-order valence-electron chi connectivity index (χ1n) is 6.52. The Morgan fingerprint density at radius 1 is 1.42 bits per heavy atom. The maximum Gasteiger partial charge on any atom is 0.242 e. The Hall–Kier alpha value is -1.88. The van der Waals surface area contributed by atoms with E-state index in [4.69, 9.17) is 0 Å². The van der Waals surface area contributed by atoms with Crippen molar-refractivity contribution in [2.24, 2.45) is 0 Å². The van der Waals surface area contributed by atoms with E-state index in [1.807, 2.05) is 30.5 Å². The summed E-state index contributed by atoms with van der Waals surface area (Å²) in [5.74, 6) is 0.0667. The molecule has 0 aliphatic rings. The van der Waals surface area contributed by atoms with E-state index in [9.17, 15) is 9.90 Å². The highest BCUT2D eigenvalue weighted by Gasteiger charge is 2.14. The number of pyridine rings is 1. The van der Waals surface area contributed by atoms with Gasteiger partial charge in [0.25, 0.3) is 0 Å². The lowest BCUT2D eigenvalue weighted by molar-refractivity contribution is -0.131. The molecule has 102 valence electrons. The molecule has 1 amide bonds. The van der Waals surface area contributed by atoms with Crippen LogP contribution in [-0.2, 0) is 17.9 Å². The number of likely N-dealkylation sites (N-methyl/N-ethyl adjacent to an activating group) is 1. The van der Waals surface area contributed by atoms with Crippen LogP contribution in [0.1, 0.15) is 19.4 Å². The average Bonchev–Trinajstić information content (AvgIpc) is 2.78. The molecular formula is C14H19N3O2. The van der Waals surface area contributed by atoms with Crippen LogP contribution in [0.15, 0.2) is 24.5 Å². The van der Waals surface area contributed by atoms with Crippen LogP contribution in [0, 0.1) is 0 Å². The molecule has 0 unspecified atom stereocenters. The van der Waals surface area contributed by atoms with Crippen LogP contribution in [-0.4, -0.2) is 38.6 Å². The predicted molar refractivity (Wildman–Crippen MR) is 73.6 cm³/mol. The zero-order chi connectivity index (χ0) is 13.8. The SMILES string of the molecule is CCN(CC)C(=O)Cn1cc(CO)c2cccnc21. The molecule has 5 heteroatoms. The number of aliphatic hydroxyl groups excluding tert-OH is 1. The van der Waals surface area contributed by atoms with Gasteiger partial charge in [0.15, 0.2) is 0 Å². The fourth-order valence-electron chi connectivity index (χ4n) is 2.26. The molecule has 0 aliphatic heterocycles. The fraction of sp³-hybridized carbons (Fsp3) is 0.429. The lowest BCUT2D eigenvalue weighted by atomic mass is 10.2. The number of carbonyl (C=O) groups is 1. The molecule has 2 heterocycles. The van der Waals surface area contributed by atoms with Gasteiger partial charge in [-0.2, -0.15) is 0 Å². The number of hydrogen-bond acceptors (Lipinski definition) is 3. The molecule has 0 bridgehead atoms. The topological polar surface area (TPSA) is 58.4 Å². The molecule has 2 aromatic heterocycles. The Balaban J connectivity index is 2.33. The van der Waals surface area contributed by atoms with Crippen LogP contribution in [0.4, 0.5) is 0 Å². The lowest BCUT2D eigenvalue weighted by Crippen LogP contribution is -2.33. The molecule has 2 rings (SSSR count). The maximum atomic E-state index is 12.1. The van der Waals surface area contributed by atoms with Gasteiger partial charge in [-0.25, -0.2) is 4.98 Å². The number of rotatable bonds is 5. The van der Waals surface area contributed by atoms with Crippen LogP contribution >= 0.6 is 0 Å². The third kappa shape index (κ3) is 2.61. The van der Waals surface area contributed by atoms with Crippen LogP contribution in [0.25, 0.3) is 11.0 Å². The number of amides is 1. The predicted octanol–water partition coefficient (Wildman–Crippen LogP) is 1.40. The number of hydrogen-bond donors (Lipinski definition) is 1. The van der Waals surface area contributed by atoms with E-state index in [1.165, 1.54) is 0 Å². The summed E-state index contributed by atoms with van der Waals surface area (Å²) in [5, 5.41) is 10.2. The smallest absolute Gasteiger partial charge is 0.242 e. The van der Waals surface area contributed by atoms with Crippen molar-refractivity contribution < 1.29 is 9.90 Å². The Bertz CT molecular complexity index is 573. The van der Waals surface area contributed by atoms with Crippen LogP contribution in [0.5, 0.6) is 0 Å². The minimum atomic E-state index is -0.0470. The third-order valence-electron chi connectivity index (χ3n) is 3.31. The summed E-state index contributed by atoms with van der Waals surface area (Å²) >= 11 is 0. The molecule has 0 atom stereocenters. The Kier molecular flexibility index (Phi) is 4.16. The monoisotopic (exact) mass is 261 g/mol. The van der Waals surface area contributed by atoms with Crippen molar-refractivity contribution >= 4 is 16.9 Å². The normalized spacial score (nSPS) is 10.9. The molecule has 0 fully saturated rings. The lowest BCUT2D eigenvalue weighted by Gasteiger charge is -2.18. The van der Waals surface area contributed by atoms with Crippen molar-refractivity contribution in [1.29, 1.82) is 0 Å². The van der Waals surface area contributed by atoms with Gasteiger partial charge in [-0.3, -0.25) is 4.79 Å². The molecule has 1 N–H and O–H groups in total. The van der Waals surface area contributed by atoms with Gasteiger partial charge in [-0.05, 0) is 26.0 Å². The van der Waals surface area contributed by atoms with E-state index in [0.29, 0.717) is 13.1 Å². The van der Waals surface area contributed by atoms with E-state index in [0.717, 1.165) is 16.6 Å². The van der Waals surface area contributed by atoms with Crippen molar-refractivity contribution in [2.45, 2.75) is 27.0 Å². The molecular weight excluding hydrogens is 242 g/mol. The summed E-state index contributed by atoms with van der Waals surface area (Å²) in [7, 11) is 0. The van der Waals surface area contributed by atoms with E-state index < -0.39 is 0 Å². The number of nitrogens with zero attached hydrogens (tertiary/aromatic N) is 3. The first-order valence-corrected chi connectivity index (χ1v) is 6.52. The van der Waals surface area contributed by atoms with E-state index in [2.05, 4.69) is 4.98 Å². The summed E-state index contributed by atoms with van der Waals surface area (Å²) in [6.45, 7) is 5.55. The Morgan fingerprint density at radius 3 is 2.79 bits per heavy atom. The largest absolute Gasteiger partial charge is 0.392 e. The molecule has 0 aromatic carbocycles. The standard InChI is InChI=1S/C14H19N3O2/c1-3-16(4-2)13(19)9-17-8-11(10-18)12-6-5-7-15-14(12)17/h5-8,18H,3-4,9-10H2,1-2H3. The summed E-state index contributed by atoms with van der Waals surface area (Å²) in [6, 6.07) is 3.74. The molecule has 5 nitrogen and oxygen atoms in total. The summed E-state index contributed by atoms with van der Waals surface area (Å²) < 4.78 is 1.81. The molecule has 0 aliphatic carbocycles. The van der Waals surface area contributed by atoms with Crippen molar-refractivity contribution in [1.82, 2.24) is 14.5 Å². The number of fused-ring (bicyclic) bond motifs is 1. The van der Waals surface area contributed by atoms with E-state index >= 15 is 0 Å². The molecule has 2 aromatic rings. The molecule has 0 saturated heterocycles. The van der Waals surface area contributed by atoms with Gasteiger partial charge in [0.05, 0.1) is 6.61 Å². The van der Waals surface area contributed by atoms with Gasteiger partial charge < -0.3 is 14.6 Å². The van der Waals surface area contributed by atoms with Crippen LogP contribution < -0.4 is 0 Å². The first-order chi connectivity index (χ1) is 9.21. The second-order valence-electron chi connectivity index (χ2n) is 4.38. The van der Waals surface area contributed by atoms with Crippen molar-refractivity contribution in [3.05, 3.63) is 30.1 Å². The number of aromatic nitrogens is 2. The van der Waals surface area contributed by atoms with E-state index in [-0.39, 0.29) is 19.1 Å². The van der Waals surface area contributed by atoms with Crippen LogP contribution in [0.2, 0.25) is 0 Å². The minimum Gasteiger partial charge on any atom is -0.392 e. The number of aliphatic hydroxyl groups is 1. The Morgan fingerprint density at radius 2 is 2.16 bits per heavy atom. The molecule has 0 radical (unpaired) electrons. The summed E-state index contributed by atoms with van der Waals surface area (Å²) in [6.07, 6.45) is 3.50.